The van der Waals surface area contributed by atoms with Gasteiger partial charge in [0, 0.05) is 31.2 Å². The maximum atomic E-state index is 3.79. The third kappa shape index (κ3) is 2.46. The summed E-state index contributed by atoms with van der Waals surface area (Å²) in [5.41, 5.74) is 0.467. The van der Waals surface area contributed by atoms with E-state index in [1.54, 1.807) is 0 Å². The van der Waals surface area contributed by atoms with Crippen molar-refractivity contribution in [2.75, 3.05) is 19.6 Å². The van der Waals surface area contributed by atoms with E-state index >= 15 is 0 Å². The smallest absolute Gasteiger partial charge is 0.0334 e. The molecule has 0 radical (unpaired) electrons. The van der Waals surface area contributed by atoms with Crippen LogP contribution in [-0.2, 0) is 0 Å². The van der Waals surface area contributed by atoms with Gasteiger partial charge in [0.2, 0.25) is 0 Å². The second-order valence-electron chi connectivity index (χ2n) is 7.17. The first-order valence-electron chi connectivity index (χ1n) is 8.21. The molecule has 18 heavy (non-hydrogen) atoms. The molecule has 0 aromatic heterocycles. The minimum Gasteiger partial charge on any atom is -0.311 e. The molecule has 2 aliphatic carbocycles. The van der Waals surface area contributed by atoms with Crippen LogP contribution in [-0.4, -0.2) is 36.1 Å². The number of nitrogens with zero attached hydrogens (tertiary/aromatic N) is 1. The van der Waals surface area contributed by atoms with Crippen LogP contribution in [0.25, 0.3) is 0 Å². The molecule has 2 saturated carbocycles. The first kappa shape index (κ1) is 12.9. The van der Waals surface area contributed by atoms with E-state index in [2.05, 4.69) is 24.1 Å². The third-order valence-corrected chi connectivity index (χ3v) is 5.81. The lowest BCUT2D eigenvalue weighted by atomic mass is 9.87. The summed E-state index contributed by atoms with van der Waals surface area (Å²) >= 11 is 0. The zero-order valence-corrected chi connectivity index (χ0v) is 12.3. The minimum absolute atomic E-state index is 0.467. The van der Waals surface area contributed by atoms with Gasteiger partial charge >= 0.3 is 0 Å². The monoisotopic (exact) mass is 250 g/mol. The van der Waals surface area contributed by atoms with Gasteiger partial charge in [0.1, 0.15) is 0 Å². The van der Waals surface area contributed by atoms with Gasteiger partial charge in [-0.15, -0.1) is 0 Å². The fraction of sp³-hybridized carbons (Fsp3) is 1.00. The van der Waals surface area contributed by atoms with Crippen LogP contribution in [0.4, 0.5) is 0 Å². The maximum absolute atomic E-state index is 3.79. The van der Waals surface area contributed by atoms with Crippen molar-refractivity contribution >= 4 is 0 Å². The lowest BCUT2D eigenvalue weighted by Crippen LogP contribution is -2.64. The summed E-state index contributed by atoms with van der Waals surface area (Å²) in [4.78, 5) is 2.88. The molecule has 104 valence electrons. The summed E-state index contributed by atoms with van der Waals surface area (Å²) in [6, 6.07) is 0.734. The van der Waals surface area contributed by atoms with E-state index < -0.39 is 0 Å². The molecule has 2 nitrogen and oxygen atoms in total. The molecule has 0 aromatic carbocycles. The summed E-state index contributed by atoms with van der Waals surface area (Å²) in [6.07, 6.45) is 10.2. The largest absolute Gasteiger partial charge is 0.311 e. The number of nitrogens with one attached hydrogen (secondary N) is 1. The molecule has 3 fully saturated rings. The molecule has 1 aliphatic heterocycles. The van der Waals surface area contributed by atoms with Gasteiger partial charge in [-0.25, -0.2) is 0 Å². The quantitative estimate of drug-likeness (QED) is 0.825. The van der Waals surface area contributed by atoms with E-state index in [-0.39, 0.29) is 0 Å². The third-order valence-electron chi connectivity index (χ3n) is 5.81. The SMILES string of the molecule is CCC1CN(CC2CCCC2)C(C)(C2CC2)CN1. The topological polar surface area (TPSA) is 15.3 Å². The highest BCUT2D eigenvalue weighted by Gasteiger charge is 2.48. The first-order chi connectivity index (χ1) is 8.72. The Hall–Kier alpha value is -0.0800. The molecule has 3 rings (SSSR count). The summed E-state index contributed by atoms with van der Waals surface area (Å²) in [7, 11) is 0. The normalized spacial score (nSPS) is 39.3. The van der Waals surface area contributed by atoms with Crippen LogP contribution in [0.1, 0.15) is 58.8 Å². The number of hydrogen-bond donors (Lipinski definition) is 1. The summed E-state index contributed by atoms with van der Waals surface area (Å²) in [5.74, 6) is 1.97. The van der Waals surface area contributed by atoms with Crippen LogP contribution in [0.3, 0.4) is 0 Å². The van der Waals surface area contributed by atoms with E-state index in [0.29, 0.717) is 5.54 Å². The summed E-state index contributed by atoms with van der Waals surface area (Å²) < 4.78 is 0. The highest BCUT2D eigenvalue weighted by atomic mass is 15.3. The molecular formula is C16H30N2. The first-order valence-corrected chi connectivity index (χ1v) is 8.21. The molecule has 3 aliphatic rings. The molecule has 1 N–H and O–H groups in total. The second-order valence-corrected chi connectivity index (χ2v) is 7.17. The van der Waals surface area contributed by atoms with Crippen molar-refractivity contribution in [2.45, 2.75) is 70.4 Å². The zero-order chi connectivity index (χ0) is 12.6. The van der Waals surface area contributed by atoms with Gasteiger partial charge in [-0.05, 0) is 50.9 Å². The highest BCUT2D eigenvalue weighted by Crippen LogP contribution is 2.44. The molecule has 2 heteroatoms. The Morgan fingerprint density at radius 1 is 1.17 bits per heavy atom. The van der Waals surface area contributed by atoms with Gasteiger partial charge in [-0.1, -0.05) is 19.8 Å². The van der Waals surface area contributed by atoms with Crippen LogP contribution >= 0.6 is 0 Å². The average Bonchev–Trinajstić information content (AvgIpc) is 3.12. The highest BCUT2D eigenvalue weighted by molar-refractivity contribution is 5.05. The Balaban J connectivity index is 1.67. The molecular weight excluding hydrogens is 220 g/mol. The standard InChI is InChI=1S/C16H30N2/c1-3-15-11-18(10-13-6-4-5-7-13)16(2,12-17-15)14-8-9-14/h13-15,17H,3-12H2,1-2H3. The molecule has 0 aromatic rings. The van der Waals surface area contributed by atoms with Crippen LogP contribution < -0.4 is 5.32 Å². The molecule has 2 unspecified atom stereocenters. The van der Waals surface area contributed by atoms with Crippen molar-refractivity contribution < 1.29 is 0 Å². The molecule has 0 spiro atoms. The van der Waals surface area contributed by atoms with Crippen molar-refractivity contribution in [1.82, 2.24) is 10.2 Å². The molecule has 0 amide bonds. The Morgan fingerprint density at radius 3 is 2.50 bits per heavy atom. The Bertz CT molecular complexity index is 281. The predicted molar refractivity (Wildman–Crippen MR) is 76.7 cm³/mol. The van der Waals surface area contributed by atoms with Gasteiger partial charge in [-0.3, -0.25) is 4.90 Å². The lowest BCUT2D eigenvalue weighted by Gasteiger charge is -2.49. The fourth-order valence-corrected chi connectivity index (χ4v) is 4.17. The van der Waals surface area contributed by atoms with Crippen LogP contribution in [0.2, 0.25) is 0 Å². The van der Waals surface area contributed by atoms with Gasteiger partial charge in [-0.2, -0.15) is 0 Å². The second kappa shape index (κ2) is 5.13. The van der Waals surface area contributed by atoms with E-state index in [9.17, 15) is 0 Å². The molecule has 1 saturated heterocycles. The van der Waals surface area contributed by atoms with Crippen molar-refractivity contribution in [3.05, 3.63) is 0 Å². The lowest BCUT2D eigenvalue weighted by molar-refractivity contribution is 0.0217. The Kier molecular flexibility index (Phi) is 3.68. The van der Waals surface area contributed by atoms with Crippen molar-refractivity contribution in [1.29, 1.82) is 0 Å². The average molecular weight is 250 g/mol. The molecule has 1 heterocycles. The van der Waals surface area contributed by atoms with Crippen LogP contribution in [0.5, 0.6) is 0 Å². The molecule has 0 bridgehead atoms. The number of hydrogen-bond acceptors (Lipinski definition) is 2. The minimum atomic E-state index is 0.467. The summed E-state index contributed by atoms with van der Waals surface area (Å²) in [6.45, 7) is 8.75. The molecule has 2 atom stereocenters. The maximum Gasteiger partial charge on any atom is 0.0334 e. The Labute approximate surface area is 113 Å². The Morgan fingerprint density at radius 2 is 1.89 bits per heavy atom. The van der Waals surface area contributed by atoms with Crippen molar-refractivity contribution in [3.8, 4) is 0 Å². The van der Waals surface area contributed by atoms with Crippen LogP contribution in [0.15, 0.2) is 0 Å². The van der Waals surface area contributed by atoms with Gasteiger partial charge in [0.25, 0.3) is 0 Å². The van der Waals surface area contributed by atoms with E-state index in [0.717, 1.165) is 17.9 Å². The van der Waals surface area contributed by atoms with Gasteiger partial charge in [0.05, 0.1) is 0 Å². The van der Waals surface area contributed by atoms with Crippen molar-refractivity contribution in [2.24, 2.45) is 11.8 Å². The summed E-state index contributed by atoms with van der Waals surface area (Å²) in [5, 5.41) is 3.79. The van der Waals surface area contributed by atoms with Gasteiger partial charge < -0.3 is 5.32 Å². The number of piperazine rings is 1. The zero-order valence-electron chi connectivity index (χ0n) is 12.3. The van der Waals surface area contributed by atoms with Crippen molar-refractivity contribution in [3.63, 3.8) is 0 Å². The fourth-order valence-electron chi connectivity index (χ4n) is 4.17. The van der Waals surface area contributed by atoms with Crippen LogP contribution in [0, 0.1) is 11.8 Å². The van der Waals surface area contributed by atoms with E-state index in [1.165, 1.54) is 64.6 Å². The predicted octanol–water partition coefficient (Wildman–Crippen LogP) is 3.03. The van der Waals surface area contributed by atoms with E-state index in [1.807, 2.05) is 0 Å². The van der Waals surface area contributed by atoms with E-state index in [4.69, 9.17) is 0 Å². The van der Waals surface area contributed by atoms with Gasteiger partial charge in [0.15, 0.2) is 0 Å². The number of rotatable bonds is 4.